The van der Waals surface area contributed by atoms with Crippen LogP contribution in [0.25, 0.3) is 0 Å². The van der Waals surface area contributed by atoms with Gasteiger partial charge in [-0.3, -0.25) is 14.7 Å². The minimum Gasteiger partial charge on any atom is -0.497 e. The van der Waals surface area contributed by atoms with Gasteiger partial charge in [0.1, 0.15) is 5.75 Å². The average Bonchev–Trinajstić information content (AvgIpc) is 2.38. The summed E-state index contributed by atoms with van der Waals surface area (Å²) in [6.07, 6.45) is 0.975. The standard InChI is InChI=1S/C15H24N2O3/c1-5-7-17(11-15(18)20-6-2)10-13-9-14(19-4)8-12(3)16-13/h8-9H,5-7,10-11H2,1-4H3. The minimum atomic E-state index is -0.194. The molecule has 1 aromatic rings. The van der Waals surface area contributed by atoms with Crippen LogP contribution in [0.15, 0.2) is 12.1 Å². The molecule has 0 atom stereocenters. The molecule has 0 unspecified atom stereocenters. The van der Waals surface area contributed by atoms with Crippen molar-refractivity contribution < 1.29 is 14.3 Å². The van der Waals surface area contributed by atoms with Gasteiger partial charge in [0.15, 0.2) is 0 Å². The summed E-state index contributed by atoms with van der Waals surface area (Å²) >= 11 is 0. The van der Waals surface area contributed by atoms with Crippen LogP contribution in [0.5, 0.6) is 5.75 Å². The van der Waals surface area contributed by atoms with Crippen LogP contribution in [-0.2, 0) is 16.1 Å². The van der Waals surface area contributed by atoms with E-state index in [1.807, 2.05) is 30.9 Å². The molecule has 0 spiro atoms. The van der Waals surface area contributed by atoms with Gasteiger partial charge in [-0.1, -0.05) is 6.92 Å². The number of aryl methyl sites for hydroxylation is 1. The highest BCUT2D eigenvalue weighted by atomic mass is 16.5. The SMILES string of the molecule is CCCN(CC(=O)OCC)Cc1cc(OC)cc(C)n1. The molecule has 112 valence electrons. The summed E-state index contributed by atoms with van der Waals surface area (Å²) < 4.78 is 10.2. The highest BCUT2D eigenvalue weighted by Crippen LogP contribution is 2.15. The Morgan fingerprint density at radius 3 is 2.70 bits per heavy atom. The first kappa shape index (κ1) is 16.4. The number of aromatic nitrogens is 1. The van der Waals surface area contributed by atoms with E-state index in [0.717, 1.165) is 30.1 Å². The first-order valence-electron chi connectivity index (χ1n) is 6.98. The Bertz CT molecular complexity index is 435. The van der Waals surface area contributed by atoms with E-state index in [2.05, 4.69) is 11.9 Å². The zero-order valence-electron chi connectivity index (χ0n) is 12.8. The van der Waals surface area contributed by atoms with E-state index in [1.54, 1.807) is 7.11 Å². The van der Waals surface area contributed by atoms with Crippen LogP contribution in [0.2, 0.25) is 0 Å². The van der Waals surface area contributed by atoms with Gasteiger partial charge in [0.25, 0.3) is 0 Å². The van der Waals surface area contributed by atoms with Crippen LogP contribution in [0.4, 0.5) is 0 Å². The molecule has 0 amide bonds. The number of ether oxygens (including phenoxy) is 2. The molecule has 0 saturated carbocycles. The van der Waals surface area contributed by atoms with Gasteiger partial charge in [0, 0.05) is 24.4 Å². The Morgan fingerprint density at radius 1 is 1.35 bits per heavy atom. The third kappa shape index (κ3) is 5.57. The van der Waals surface area contributed by atoms with Crippen LogP contribution in [0, 0.1) is 6.92 Å². The number of carbonyl (C=O) groups is 1. The lowest BCUT2D eigenvalue weighted by Crippen LogP contribution is -2.31. The molecule has 0 bridgehead atoms. The van der Waals surface area contributed by atoms with E-state index in [0.29, 0.717) is 19.7 Å². The molecule has 5 nitrogen and oxygen atoms in total. The van der Waals surface area contributed by atoms with Gasteiger partial charge in [0.2, 0.25) is 0 Å². The lowest BCUT2D eigenvalue weighted by molar-refractivity contribution is -0.144. The van der Waals surface area contributed by atoms with Gasteiger partial charge in [-0.25, -0.2) is 0 Å². The van der Waals surface area contributed by atoms with Gasteiger partial charge < -0.3 is 9.47 Å². The Morgan fingerprint density at radius 2 is 2.10 bits per heavy atom. The fourth-order valence-corrected chi connectivity index (χ4v) is 2.05. The summed E-state index contributed by atoms with van der Waals surface area (Å²) in [7, 11) is 1.64. The number of carbonyl (C=O) groups excluding carboxylic acids is 1. The van der Waals surface area contributed by atoms with Crippen molar-refractivity contribution in [3.05, 3.63) is 23.5 Å². The third-order valence-corrected chi connectivity index (χ3v) is 2.80. The molecule has 0 N–H and O–H groups in total. The highest BCUT2D eigenvalue weighted by Gasteiger charge is 2.13. The number of nitrogens with zero attached hydrogens (tertiary/aromatic N) is 2. The summed E-state index contributed by atoms with van der Waals surface area (Å²) in [4.78, 5) is 18.1. The van der Waals surface area contributed by atoms with Gasteiger partial charge in [-0.15, -0.1) is 0 Å². The third-order valence-electron chi connectivity index (χ3n) is 2.80. The number of pyridine rings is 1. The minimum absolute atomic E-state index is 0.194. The second-order valence-corrected chi connectivity index (χ2v) is 4.66. The predicted molar refractivity (Wildman–Crippen MR) is 77.7 cm³/mol. The van der Waals surface area contributed by atoms with Crippen molar-refractivity contribution in [2.45, 2.75) is 33.7 Å². The van der Waals surface area contributed by atoms with Crippen molar-refractivity contribution >= 4 is 5.97 Å². The van der Waals surface area contributed by atoms with Gasteiger partial charge >= 0.3 is 5.97 Å². The summed E-state index contributed by atoms with van der Waals surface area (Å²) in [5.41, 5.74) is 1.81. The average molecular weight is 280 g/mol. The Labute approximate surface area is 120 Å². The molecule has 0 aliphatic rings. The molecular formula is C15H24N2O3. The van der Waals surface area contributed by atoms with Crippen molar-refractivity contribution in [3.63, 3.8) is 0 Å². The lowest BCUT2D eigenvalue weighted by Gasteiger charge is -2.20. The highest BCUT2D eigenvalue weighted by molar-refractivity contribution is 5.71. The topological polar surface area (TPSA) is 51.7 Å². The first-order valence-corrected chi connectivity index (χ1v) is 6.98. The maximum atomic E-state index is 11.6. The molecule has 1 rings (SSSR count). The van der Waals surface area contributed by atoms with E-state index in [4.69, 9.17) is 9.47 Å². The first-order chi connectivity index (χ1) is 9.58. The second-order valence-electron chi connectivity index (χ2n) is 4.66. The Kier molecular flexibility index (Phi) is 7.01. The molecule has 0 radical (unpaired) electrons. The Hall–Kier alpha value is -1.62. The maximum Gasteiger partial charge on any atom is 0.320 e. The monoisotopic (exact) mass is 280 g/mol. The van der Waals surface area contributed by atoms with E-state index >= 15 is 0 Å². The normalized spacial score (nSPS) is 10.7. The quantitative estimate of drug-likeness (QED) is 0.683. The predicted octanol–water partition coefficient (Wildman–Crippen LogP) is 2.17. The molecule has 0 fully saturated rings. The molecule has 1 heterocycles. The van der Waals surface area contributed by atoms with Crippen molar-refractivity contribution in [1.82, 2.24) is 9.88 Å². The zero-order valence-corrected chi connectivity index (χ0v) is 12.8. The summed E-state index contributed by atoms with van der Waals surface area (Å²) in [6, 6.07) is 3.79. The fraction of sp³-hybridized carbons (Fsp3) is 0.600. The molecule has 0 aliphatic heterocycles. The smallest absolute Gasteiger partial charge is 0.320 e. The molecular weight excluding hydrogens is 256 g/mol. The van der Waals surface area contributed by atoms with E-state index in [9.17, 15) is 4.79 Å². The molecule has 20 heavy (non-hydrogen) atoms. The van der Waals surface area contributed by atoms with Gasteiger partial charge in [-0.2, -0.15) is 0 Å². The van der Waals surface area contributed by atoms with E-state index in [-0.39, 0.29) is 5.97 Å². The van der Waals surface area contributed by atoms with Crippen LogP contribution in [0.1, 0.15) is 31.7 Å². The van der Waals surface area contributed by atoms with Crippen LogP contribution in [0.3, 0.4) is 0 Å². The van der Waals surface area contributed by atoms with Gasteiger partial charge in [-0.05, 0) is 26.8 Å². The molecule has 0 saturated heterocycles. The van der Waals surface area contributed by atoms with Crippen LogP contribution >= 0.6 is 0 Å². The van der Waals surface area contributed by atoms with E-state index < -0.39 is 0 Å². The van der Waals surface area contributed by atoms with Gasteiger partial charge in [0.05, 0.1) is 26.0 Å². The van der Waals surface area contributed by atoms with Crippen molar-refractivity contribution in [1.29, 1.82) is 0 Å². The molecule has 0 aliphatic carbocycles. The van der Waals surface area contributed by atoms with Crippen molar-refractivity contribution in [2.75, 3.05) is 26.8 Å². The number of hydrogen-bond donors (Lipinski definition) is 0. The van der Waals surface area contributed by atoms with Crippen molar-refractivity contribution in [2.24, 2.45) is 0 Å². The summed E-state index contributed by atoms with van der Waals surface area (Å²) in [5, 5.41) is 0. The zero-order chi connectivity index (χ0) is 15.0. The molecule has 1 aromatic heterocycles. The van der Waals surface area contributed by atoms with Crippen LogP contribution in [-0.4, -0.2) is 42.7 Å². The summed E-state index contributed by atoms with van der Waals surface area (Å²) in [6.45, 7) is 7.98. The fourth-order valence-electron chi connectivity index (χ4n) is 2.05. The number of rotatable bonds is 8. The maximum absolute atomic E-state index is 11.6. The van der Waals surface area contributed by atoms with Crippen LogP contribution < -0.4 is 4.74 Å². The largest absolute Gasteiger partial charge is 0.497 e. The molecule has 0 aromatic carbocycles. The number of hydrogen-bond acceptors (Lipinski definition) is 5. The number of methoxy groups -OCH3 is 1. The number of esters is 1. The van der Waals surface area contributed by atoms with E-state index in [1.165, 1.54) is 0 Å². The summed E-state index contributed by atoms with van der Waals surface area (Å²) in [5.74, 6) is 0.598. The second kappa shape index (κ2) is 8.53. The molecule has 5 heteroatoms. The lowest BCUT2D eigenvalue weighted by atomic mass is 10.2. The van der Waals surface area contributed by atoms with Crippen molar-refractivity contribution in [3.8, 4) is 5.75 Å². The Balaban J connectivity index is 2.73.